The Morgan fingerprint density at radius 2 is 2.00 bits per heavy atom. The van der Waals surface area contributed by atoms with Gasteiger partial charge in [-0.05, 0) is 6.92 Å². The summed E-state index contributed by atoms with van der Waals surface area (Å²) in [5, 5.41) is 18.0. The molecule has 1 heterocycles. The third-order valence-corrected chi connectivity index (χ3v) is 1.87. The van der Waals surface area contributed by atoms with Crippen LogP contribution in [-0.4, -0.2) is 40.9 Å². The largest absolute Gasteiger partial charge is 0.389 e. The van der Waals surface area contributed by atoms with Gasteiger partial charge in [-0.15, -0.1) is 0 Å². The van der Waals surface area contributed by atoms with Crippen LogP contribution in [0, 0.1) is 0 Å². The molecule has 0 spiro atoms. The summed E-state index contributed by atoms with van der Waals surface area (Å²) in [4.78, 5) is 0. The predicted molar refractivity (Wildman–Crippen MR) is 35.4 cm³/mol. The molecule has 1 fully saturated rings. The van der Waals surface area contributed by atoms with Crippen molar-refractivity contribution < 1.29 is 19.3 Å². The Morgan fingerprint density at radius 3 is 2.55 bits per heavy atom. The van der Waals surface area contributed by atoms with Crippen molar-refractivity contribution in [2.24, 2.45) is 5.73 Å². The molecule has 0 bridgehead atoms. The molecule has 4 nitrogen and oxygen atoms in total. The number of nitrogens with two attached hydrogens (primary N) is 1. The lowest BCUT2D eigenvalue weighted by Crippen LogP contribution is -2.58. The average Bonchev–Trinajstić information content (AvgIpc) is 1.97. The molecule has 11 heavy (non-hydrogen) atoms. The maximum Gasteiger partial charge on any atom is 0.188 e. The molecule has 0 aromatic carbocycles. The molecule has 5 atom stereocenters. The van der Waals surface area contributed by atoms with Gasteiger partial charge >= 0.3 is 0 Å². The number of hydrogen-bond donors (Lipinski definition) is 3. The number of ether oxygens (including phenoxy) is 1. The lowest BCUT2D eigenvalue weighted by atomic mass is 9.99. The Balaban J connectivity index is 2.63. The van der Waals surface area contributed by atoms with Crippen molar-refractivity contribution in [3.63, 3.8) is 0 Å². The van der Waals surface area contributed by atoms with E-state index in [1.807, 2.05) is 0 Å². The van der Waals surface area contributed by atoms with Crippen molar-refractivity contribution in [3.05, 3.63) is 0 Å². The van der Waals surface area contributed by atoms with Crippen molar-refractivity contribution in [2.45, 2.75) is 37.6 Å². The molecular formula is C6H12FNO3. The highest BCUT2D eigenvalue weighted by Gasteiger charge is 2.40. The van der Waals surface area contributed by atoms with Gasteiger partial charge in [0.2, 0.25) is 0 Å². The molecule has 0 aliphatic carbocycles. The van der Waals surface area contributed by atoms with Crippen LogP contribution in [0.5, 0.6) is 0 Å². The van der Waals surface area contributed by atoms with Crippen LogP contribution in [0.2, 0.25) is 0 Å². The molecule has 0 radical (unpaired) electrons. The summed E-state index contributed by atoms with van der Waals surface area (Å²) in [6.07, 6.45) is -4.88. The van der Waals surface area contributed by atoms with E-state index in [0.717, 1.165) is 0 Å². The molecule has 1 rings (SSSR count). The van der Waals surface area contributed by atoms with E-state index in [1.54, 1.807) is 0 Å². The van der Waals surface area contributed by atoms with Gasteiger partial charge in [0.15, 0.2) is 12.5 Å². The lowest BCUT2D eigenvalue weighted by molar-refractivity contribution is -0.231. The van der Waals surface area contributed by atoms with Crippen LogP contribution in [0.3, 0.4) is 0 Å². The summed E-state index contributed by atoms with van der Waals surface area (Å²) in [6.45, 7) is 1.53. The summed E-state index contributed by atoms with van der Waals surface area (Å²) in [7, 11) is 0. The fraction of sp³-hybridized carbons (Fsp3) is 1.00. The van der Waals surface area contributed by atoms with Gasteiger partial charge < -0.3 is 20.7 Å². The highest BCUT2D eigenvalue weighted by atomic mass is 19.1. The maximum atomic E-state index is 12.7. The molecule has 1 aliphatic rings. The summed E-state index contributed by atoms with van der Waals surface area (Å²) < 4.78 is 17.4. The molecule has 0 saturated carbocycles. The monoisotopic (exact) mass is 165 g/mol. The topological polar surface area (TPSA) is 75.7 Å². The van der Waals surface area contributed by atoms with Crippen molar-refractivity contribution >= 4 is 0 Å². The molecule has 0 unspecified atom stereocenters. The van der Waals surface area contributed by atoms with Crippen LogP contribution in [0.15, 0.2) is 0 Å². The van der Waals surface area contributed by atoms with Crippen LogP contribution in [-0.2, 0) is 4.74 Å². The Morgan fingerprint density at radius 1 is 1.45 bits per heavy atom. The second-order valence-electron chi connectivity index (χ2n) is 2.74. The van der Waals surface area contributed by atoms with Gasteiger partial charge in [-0.3, -0.25) is 0 Å². The number of hydrogen-bond acceptors (Lipinski definition) is 4. The van der Waals surface area contributed by atoms with E-state index in [9.17, 15) is 4.39 Å². The predicted octanol–water partition coefficient (Wildman–Crippen LogP) is -1.25. The van der Waals surface area contributed by atoms with Gasteiger partial charge in [-0.2, -0.15) is 0 Å². The SMILES string of the molecule is C[C@H]1O[C@H](O)[C@H](F)[C@H](N)[C@H]1O. The van der Waals surface area contributed by atoms with Crippen LogP contribution in [0.1, 0.15) is 6.92 Å². The van der Waals surface area contributed by atoms with E-state index >= 15 is 0 Å². The number of halogens is 1. The number of aliphatic hydroxyl groups is 2. The zero-order valence-corrected chi connectivity index (χ0v) is 6.14. The first kappa shape index (κ1) is 8.86. The first-order chi connectivity index (χ1) is 5.04. The Hall–Kier alpha value is -0.230. The molecule has 0 aromatic heterocycles. The van der Waals surface area contributed by atoms with E-state index in [4.69, 9.17) is 15.9 Å². The highest BCUT2D eigenvalue weighted by molar-refractivity contribution is 4.89. The molecule has 5 heteroatoms. The minimum Gasteiger partial charge on any atom is -0.389 e. The fourth-order valence-electron chi connectivity index (χ4n) is 1.07. The molecule has 4 N–H and O–H groups in total. The lowest BCUT2D eigenvalue weighted by Gasteiger charge is -2.36. The summed E-state index contributed by atoms with van der Waals surface area (Å²) in [6, 6.07) is -1.06. The van der Waals surface area contributed by atoms with Crippen LogP contribution in [0.25, 0.3) is 0 Å². The van der Waals surface area contributed by atoms with Gasteiger partial charge in [0.1, 0.15) is 0 Å². The molecule has 66 valence electrons. The number of aliphatic hydroxyl groups excluding tert-OH is 2. The second-order valence-corrected chi connectivity index (χ2v) is 2.74. The van der Waals surface area contributed by atoms with Crippen molar-refractivity contribution in [1.82, 2.24) is 0 Å². The molecule has 1 saturated heterocycles. The fourth-order valence-corrected chi connectivity index (χ4v) is 1.07. The van der Waals surface area contributed by atoms with Gasteiger partial charge in [0, 0.05) is 0 Å². The smallest absolute Gasteiger partial charge is 0.188 e. The van der Waals surface area contributed by atoms with E-state index in [0.29, 0.717) is 0 Å². The Labute approximate surface area is 63.8 Å². The molecule has 0 amide bonds. The van der Waals surface area contributed by atoms with Crippen molar-refractivity contribution in [2.75, 3.05) is 0 Å². The minimum atomic E-state index is -1.71. The van der Waals surface area contributed by atoms with Gasteiger partial charge in [0.25, 0.3) is 0 Å². The van der Waals surface area contributed by atoms with Crippen molar-refractivity contribution in [3.8, 4) is 0 Å². The van der Waals surface area contributed by atoms with Gasteiger partial charge in [-0.25, -0.2) is 4.39 Å². The number of rotatable bonds is 0. The number of alkyl halides is 1. The standard InChI is InChI=1S/C6H12FNO3/c1-2-5(9)4(8)3(7)6(10)11-2/h2-6,9-10H,8H2,1H3/t2-,3-,4+,5+,6+/m1/s1. The van der Waals surface area contributed by atoms with E-state index in [1.165, 1.54) is 6.92 Å². The first-order valence-electron chi connectivity index (χ1n) is 3.45. The third-order valence-electron chi connectivity index (χ3n) is 1.87. The minimum absolute atomic E-state index is 0.619. The zero-order chi connectivity index (χ0) is 8.59. The summed E-state index contributed by atoms with van der Waals surface area (Å²) in [5.74, 6) is 0. The van der Waals surface area contributed by atoms with Crippen LogP contribution < -0.4 is 5.73 Å². The van der Waals surface area contributed by atoms with Crippen molar-refractivity contribution in [1.29, 1.82) is 0 Å². The third kappa shape index (κ3) is 1.51. The normalized spacial score (nSPS) is 52.6. The molecule has 0 aromatic rings. The summed E-state index contributed by atoms with van der Waals surface area (Å²) >= 11 is 0. The first-order valence-corrected chi connectivity index (χ1v) is 3.45. The quantitative estimate of drug-likeness (QED) is 0.419. The molecular weight excluding hydrogens is 153 g/mol. The summed E-state index contributed by atoms with van der Waals surface area (Å²) in [5.41, 5.74) is 5.24. The van der Waals surface area contributed by atoms with Crippen LogP contribution in [0.4, 0.5) is 4.39 Å². The van der Waals surface area contributed by atoms with Crippen LogP contribution >= 0.6 is 0 Å². The second kappa shape index (κ2) is 3.02. The maximum absolute atomic E-state index is 12.7. The Kier molecular flexibility index (Phi) is 2.43. The van der Waals surface area contributed by atoms with E-state index in [2.05, 4.69) is 4.74 Å². The van der Waals surface area contributed by atoms with E-state index < -0.39 is 30.7 Å². The molecule has 1 aliphatic heterocycles. The zero-order valence-electron chi connectivity index (χ0n) is 6.14. The Bertz CT molecular complexity index is 132. The average molecular weight is 165 g/mol. The highest BCUT2D eigenvalue weighted by Crippen LogP contribution is 2.19. The van der Waals surface area contributed by atoms with E-state index in [-0.39, 0.29) is 0 Å². The van der Waals surface area contributed by atoms with Gasteiger partial charge in [-0.1, -0.05) is 0 Å². The van der Waals surface area contributed by atoms with Gasteiger partial charge in [0.05, 0.1) is 18.2 Å².